The summed E-state index contributed by atoms with van der Waals surface area (Å²) in [6.45, 7) is 0. The number of amides is 1. The molecule has 1 aromatic carbocycles. The molecule has 3 rings (SSSR count). The van der Waals surface area contributed by atoms with Crippen molar-refractivity contribution in [2.45, 2.75) is 6.18 Å². The van der Waals surface area contributed by atoms with E-state index in [-0.39, 0.29) is 28.8 Å². The first-order valence-electron chi connectivity index (χ1n) is 8.12. The smallest absolute Gasteiger partial charge is 0.416 e. The molecule has 7 nitrogen and oxygen atoms in total. The molecule has 2 heterocycles. The molecule has 0 spiro atoms. The lowest BCUT2D eigenvalue weighted by Crippen LogP contribution is -2.15. The molecular formula is C19H14F3N3O4. The molecule has 0 radical (unpaired) electrons. The van der Waals surface area contributed by atoms with Crippen LogP contribution in [0.25, 0.3) is 0 Å². The number of halogens is 3. The third-order valence-electron chi connectivity index (χ3n) is 3.72. The van der Waals surface area contributed by atoms with E-state index < -0.39 is 23.4 Å². The maximum Gasteiger partial charge on any atom is 0.416 e. The van der Waals surface area contributed by atoms with Gasteiger partial charge in [-0.3, -0.25) is 4.79 Å². The molecular weight excluding hydrogens is 391 g/mol. The Labute approximate surface area is 162 Å². The summed E-state index contributed by atoms with van der Waals surface area (Å²) in [7, 11) is 1.34. The zero-order valence-electron chi connectivity index (χ0n) is 14.9. The standard InChI is InChI=1S/C19H14F3N3O4/c1-28-14-8-9-23-16(17(14)26)18(27)25-15-7-6-13(10-24-15)29-12-4-2-11(3-5-12)19(20,21)22/h2-10,26H,1H3,(H,24,25,27). The molecule has 0 saturated carbocycles. The molecule has 0 aliphatic carbocycles. The lowest BCUT2D eigenvalue weighted by atomic mass is 10.2. The number of aromatic nitrogens is 2. The number of hydrogen-bond donors (Lipinski definition) is 2. The first-order chi connectivity index (χ1) is 13.8. The predicted molar refractivity (Wildman–Crippen MR) is 96.2 cm³/mol. The van der Waals surface area contributed by atoms with Crippen molar-refractivity contribution in [2.24, 2.45) is 0 Å². The third kappa shape index (κ3) is 4.72. The van der Waals surface area contributed by atoms with E-state index in [0.717, 1.165) is 12.1 Å². The number of aromatic hydroxyl groups is 1. The van der Waals surface area contributed by atoms with Crippen LogP contribution in [0.3, 0.4) is 0 Å². The molecule has 1 amide bonds. The summed E-state index contributed by atoms with van der Waals surface area (Å²) in [4.78, 5) is 20.0. The second-order valence-corrected chi connectivity index (χ2v) is 5.67. The fraction of sp³-hybridized carbons (Fsp3) is 0.105. The summed E-state index contributed by atoms with van der Waals surface area (Å²) in [5.41, 5.74) is -1.02. The van der Waals surface area contributed by atoms with Gasteiger partial charge in [0.15, 0.2) is 17.2 Å². The maximum absolute atomic E-state index is 12.6. The number of anilines is 1. The van der Waals surface area contributed by atoms with Crippen molar-refractivity contribution in [1.29, 1.82) is 0 Å². The van der Waals surface area contributed by atoms with Crippen molar-refractivity contribution < 1.29 is 32.5 Å². The topological polar surface area (TPSA) is 93.6 Å². The van der Waals surface area contributed by atoms with Gasteiger partial charge in [-0.05, 0) is 36.4 Å². The highest BCUT2D eigenvalue weighted by Gasteiger charge is 2.30. The second kappa shape index (κ2) is 8.05. The van der Waals surface area contributed by atoms with E-state index in [0.29, 0.717) is 0 Å². The quantitative estimate of drug-likeness (QED) is 0.659. The molecule has 0 atom stereocenters. The van der Waals surface area contributed by atoms with Crippen LogP contribution in [0.5, 0.6) is 23.0 Å². The fourth-order valence-electron chi connectivity index (χ4n) is 2.31. The van der Waals surface area contributed by atoms with Gasteiger partial charge in [0, 0.05) is 12.3 Å². The van der Waals surface area contributed by atoms with E-state index in [2.05, 4.69) is 15.3 Å². The number of carbonyl (C=O) groups excluding carboxylic acids is 1. The normalized spacial score (nSPS) is 11.0. The highest BCUT2D eigenvalue weighted by molar-refractivity contribution is 6.04. The minimum Gasteiger partial charge on any atom is -0.503 e. The molecule has 0 saturated heterocycles. The largest absolute Gasteiger partial charge is 0.503 e. The van der Waals surface area contributed by atoms with Gasteiger partial charge in [-0.2, -0.15) is 13.2 Å². The Kier molecular flexibility index (Phi) is 5.53. The van der Waals surface area contributed by atoms with Crippen LogP contribution < -0.4 is 14.8 Å². The van der Waals surface area contributed by atoms with E-state index in [1.807, 2.05) is 0 Å². The van der Waals surface area contributed by atoms with Crippen LogP contribution in [-0.4, -0.2) is 28.1 Å². The Hall–Kier alpha value is -3.82. The fourth-order valence-corrected chi connectivity index (χ4v) is 2.31. The Morgan fingerprint density at radius 3 is 2.31 bits per heavy atom. The van der Waals surface area contributed by atoms with Crippen molar-refractivity contribution >= 4 is 11.7 Å². The van der Waals surface area contributed by atoms with E-state index in [1.165, 1.54) is 49.8 Å². The molecule has 0 fully saturated rings. The van der Waals surface area contributed by atoms with Gasteiger partial charge in [0.25, 0.3) is 5.91 Å². The van der Waals surface area contributed by atoms with E-state index in [1.54, 1.807) is 0 Å². The van der Waals surface area contributed by atoms with E-state index in [9.17, 15) is 23.1 Å². The number of ether oxygens (including phenoxy) is 2. The van der Waals surface area contributed by atoms with Crippen molar-refractivity contribution in [3.05, 3.63) is 66.1 Å². The number of benzene rings is 1. The summed E-state index contributed by atoms with van der Waals surface area (Å²) in [5, 5.41) is 12.4. The molecule has 0 unspecified atom stereocenters. The first kappa shape index (κ1) is 19.9. The maximum atomic E-state index is 12.6. The van der Waals surface area contributed by atoms with Gasteiger partial charge >= 0.3 is 6.18 Å². The van der Waals surface area contributed by atoms with Gasteiger partial charge in [0.1, 0.15) is 17.3 Å². The highest BCUT2D eigenvalue weighted by Crippen LogP contribution is 2.31. The third-order valence-corrected chi connectivity index (χ3v) is 3.72. The van der Waals surface area contributed by atoms with Crippen LogP contribution in [0.4, 0.5) is 19.0 Å². The van der Waals surface area contributed by atoms with Crippen molar-refractivity contribution in [1.82, 2.24) is 9.97 Å². The Bertz CT molecular complexity index is 1010. The highest BCUT2D eigenvalue weighted by atomic mass is 19.4. The lowest BCUT2D eigenvalue weighted by molar-refractivity contribution is -0.137. The van der Waals surface area contributed by atoms with Crippen LogP contribution in [0.1, 0.15) is 16.1 Å². The first-order valence-corrected chi connectivity index (χ1v) is 8.12. The van der Waals surface area contributed by atoms with Gasteiger partial charge < -0.3 is 19.9 Å². The van der Waals surface area contributed by atoms with Crippen LogP contribution in [0, 0.1) is 0 Å². The van der Waals surface area contributed by atoms with Gasteiger partial charge in [0.2, 0.25) is 0 Å². The van der Waals surface area contributed by atoms with E-state index in [4.69, 9.17) is 9.47 Å². The van der Waals surface area contributed by atoms with Gasteiger partial charge in [-0.25, -0.2) is 9.97 Å². The summed E-state index contributed by atoms with van der Waals surface area (Å²) < 4.78 is 48.1. The predicted octanol–water partition coefficient (Wildman–Crippen LogP) is 4.25. The van der Waals surface area contributed by atoms with Gasteiger partial charge in [0.05, 0.1) is 18.9 Å². The van der Waals surface area contributed by atoms with Gasteiger partial charge in [-0.15, -0.1) is 0 Å². The minimum atomic E-state index is -4.42. The van der Waals surface area contributed by atoms with Gasteiger partial charge in [-0.1, -0.05) is 0 Å². The average Bonchev–Trinajstić information content (AvgIpc) is 2.69. The summed E-state index contributed by atoms with van der Waals surface area (Å²) in [6, 6.07) is 8.49. The number of methoxy groups -OCH3 is 1. The number of rotatable bonds is 5. The number of nitrogens with zero attached hydrogens (tertiary/aromatic N) is 2. The average molecular weight is 405 g/mol. The summed E-state index contributed by atoms with van der Waals surface area (Å²) in [6.07, 6.45) is -1.83. The zero-order valence-corrected chi connectivity index (χ0v) is 14.9. The lowest BCUT2D eigenvalue weighted by Gasteiger charge is -2.10. The molecule has 2 aromatic heterocycles. The van der Waals surface area contributed by atoms with Crippen LogP contribution in [0.2, 0.25) is 0 Å². The molecule has 0 aliphatic rings. The van der Waals surface area contributed by atoms with Crippen molar-refractivity contribution in [3.63, 3.8) is 0 Å². The molecule has 10 heteroatoms. The van der Waals surface area contributed by atoms with Crippen molar-refractivity contribution in [3.8, 4) is 23.0 Å². The monoisotopic (exact) mass is 405 g/mol. The molecule has 29 heavy (non-hydrogen) atoms. The van der Waals surface area contributed by atoms with Crippen LogP contribution >= 0.6 is 0 Å². The second-order valence-electron chi connectivity index (χ2n) is 5.67. The Morgan fingerprint density at radius 2 is 1.72 bits per heavy atom. The molecule has 0 aliphatic heterocycles. The number of hydrogen-bond acceptors (Lipinski definition) is 6. The van der Waals surface area contributed by atoms with E-state index >= 15 is 0 Å². The molecule has 3 aromatic rings. The molecule has 2 N–H and O–H groups in total. The SMILES string of the molecule is COc1ccnc(C(=O)Nc2ccc(Oc3ccc(C(F)(F)F)cc3)cn2)c1O. The number of nitrogens with one attached hydrogen (secondary N) is 1. The minimum absolute atomic E-state index is 0.0957. The van der Waals surface area contributed by atoms with Crippen molar-refractivity contribution in [2.75, 3.05) is 12.4 Å². The summed E-state index contributed by atoms with van der Waals surface area (Å²) in [5.74, 6) is -0.413. The zero-order chi connectivity index (χ0) is 21.0. The summed E-state index contributed by atoms with van der Waals surface area (Å²) >= 11 is 0. The number of carbonyl (C=O) groups is 1. The number of alkyl halides is 3. The van der Waals surface area contributed by atoms with Crippen LogP contribution in [-0.2, 0) is 6.18 Å². The molecule has 0 bridgehead atoms. The van der Waals surface area contributed by atoms with Crippen LogP contribution in [0.15, 0.2) is 54.9 Å². The Morgan fingerprint density at radius 1 is 1.03 bits per heavy atom. The number of pyridine rings is 2. The Balaban J connectivity index is 1.67. The molecule has 150 valence electrons.